The van der Waals surface area contributed by atoms with E-state index < -0.39 is 0 Å². The molecule has 2 N–H and O–H groups in total. The fraction of sp³-hybridized carbons (Fsp3) is 0.368. The minimum Gasteiger partial charge on any atom is -0.326 e. The van der Waals surface area contributed by atoms with Gasteiger partial charge in [-0.1, -0.05) is 25.6 Å². The van der Waals surface area contributed by atoms with Crippen LogP contribution in [-0.4, -0.2) is 27.5 Å². The number of anilines is 2. The van der Waals surface area contributed by atoms with E-state index >= 15 is 0 Å². The van der Waals surface area contributed by atoms with E-state index in [1.165, 1.54) is 11.8 Å². The largest absolute Gasteiger partial charge is 0.326 e. The number of aryl methyl sites for hydroxylation is 2. The SMILES string of the molecule is Cc1cc(C)nc(SCC(=O)Nc2ccc(NC(=O)CC(C)C)cc2)n1. The standard InChI is InChI=1S/C19H24N4O2S/c1-12(2)9-17(24)22-15-5-7-16(8-6-15)23-18(25)11-26-19-20-13(3)10-14(4)21-19/h5-8,10,12H,9,11H2,1-4H3,(H,22,24)(H,23,25). The average Bonchev–Trinajstić information content (AvgIpc) is 2.53. The lowest BCUT2D eigenvalue weighted by atomic mass is 10.1. The lowest BCUT2D eigenvalue weighted by molar-refractivity contribution is -0.117. The van der Waals surface area contributed by atoms with Crippen LogP contribution in [0.2, 0.25) is 0 Å². The van der Waals surface area contributed by atoms with Crippen LogP contribution in [0.4, 0.5) is 11.4 Å². The molecule has 0 bridgehead atoms. The van der Waals surface area contributed by atoms with Gasteiger partial charge in [0.25, 0.3) is 0 Å². The molecule has 0 saturated carbocycles. The second-order valence-electron chi connectivity index (χ2n) is 6.49. The number of benzene rings is 1. The van der Waals surface area contributed by atoms with E-state index in [0.29, 0.717) is 28.9 Å². The van der Waals surface area contributed by atoms with Gasteiger partial charge in [0, 0.05) is 29.2 Å². The van der Waals surface area contributed by atoms with Crippen LogP contribution in [0.5, 0.6) is 0 Å². The number of amides is 2. The highest BCUT2D eigenvalue weighted by Gasteiger charge is 2.08. The number of aromatic nitrogens is 2. The third-order valence-electron chi connectivity index (χ3n) is 3.34. The minimum absolute atomic E-state index is 0.0124. The predicted molar refractivity (Wildman–Crippen MR) is 105 cm³/mol. The second-order valence-corrected chi connectivity index (χ2v) is 7.44. The van der Waals surface area contributed by atoms with Gasteiger partial charge in [0.15, 0.2) is 5.16 Å². The van der Waals surface area contributed by atoms with Crippen LogP contribution >= 0.6 is 11.8 Å². The van der Waals surface area contributed by atoms with Crippen LogP contribution in [0.15, 0.2) is 35.5 Å². The Hall–Kier alpha value is -2.41. The molecule has 1 aromatic carbocycles. The number of nitrogens with one attached hydrogen (secondary N) is 2. The van der Waals surface area contributed by atoms with Crippen LogP contribution < -0.4 is 10.6 Å². The smallest absolute Gasteiger partial charge is 0.234 e. The average molecular weight is 372 g/mol. The van der Waals surface area contributed by atoms with Crippen molar-refractivity contribution in [1.82, 2.24) is 9.97 Å². The van der Waals surface area contributed by atoms with Crippen molar-refractivity contribution >= 4 is 35.0 Å². The van der Waals surface area contributed by atoms with E-state index in [0.717, 1.165) is 11.4 Å². The third kappa shape index (κ3) is 6.84. The van der Waals surface area contributed by atoms with E-state index in [9.17, 15) is 9.59 Å². The maximum absolute atomic E-state index is 12.1. The van der Waals surface area contributed by atoms with Gasteiger partial charge < -0.3 is 10.6 Å². The zero-order valence-electron chi connectivity index (χ0n) is 15.5. The summed E-state index contributed by atoms with van der Waals surface area (Å²) in [6.45, 7) is 7.80. The van der Waals surface area contributed by atoms with Crippen molar-refractivity contribution in [2.24, 2.45) is 5.92 Å². The summed E-state index contributed by atoms with van der Waals surface area (Å²) in [7, 11) is 0. The first-order valence-corrected chi connectivity index (χ1v) is 9.45. The van der Waals surface area contributed by atoms with Gasteiger partial charge in [-0.05, 0) is 50.1 Å². The molecule has 2 aromatic rings. The second kappa shape index (κ2) is 9.33. The number of hydrogen-bond donors (Lipinski definition) is 2. The number of carbonyl (C=O) groups excluding carboxylic acids is 2. The summed E-state index contributed by atoms with van der Waals surface area (Å²) in [5.41, 5.74) is 3.16. The Morgan fingerprint density at radius 1 is 0.962 bits per heavy atom. The van der Waals surface area contributed by atoms with E-state index in [-0.39, 0.29) is 17.6 Å². The van der Waals surface area contributed by atoms with Crippen molar-refractivity contribution < 1.29 is 9.59 Å². The lowest BCUT2D eigenvalue weighted by Gasteiger charge is -2.09. The summed E-state index contributed by atoms with van der Waals surface area (Å²) in [5.74, 6) is 0.402. The normalized spacial score (nSPS) is 10.7. The van der Waals surface area contributed by atoms with Crippen molar-refractivity contribution in [3.8, 4) is 0 Å². The van der Waals surface area contributed by atoms with Gasteiger partial charge in [0.2, 0.25) is 11.8 Å². The molecule has 2 rings (SSSR count). The fourth-order valence-electron chi connectivity index (χ4n) is 2.31. The minimum atomic E-state index is -0.130. The Kier molecular flexibility index (Phi) is 7.15. The Morgan fingerprint density at radius 3 is 1.96 bits per heavy atom. The molecule has 0 aliphatic heterocycles. The first kappa shape index (κ1) is 19.9. The summed E-state index contributed by atoms with van der Waals surface area (Å²) >= 11 is 1.30. The molecular weight excluding hydrogens is 348 g/mol. The zero-order chi connectivity index (χ0) is 19.1. The molecule has 0 unspecified atom stereocenters. The summed E-state index contributed by atoms with van der Waals surface area (Å²) in [5, 5.41) is 6.26. The van der Waals surface area contributed by atoms with Crippen molar-refractivity contribution in [2.45, 2.75) is 39.3 Å². The van der Waals surface area contributed by atoms with Crippen LogP contribution in [0.3, 0.4) is 0 Å². The molecule has 0 aliphatic rings. The predicted octanol–water partition coefficient (Wildman–Crippen LogP) is 3.81. The van der Waals surface area contributed by atoms with Gasteiger partial charge in [-0.15, -0.1) is 0 Å². The van der Waals surface area contributed by atoms with Gasteiger partial charge in [0.05, 0.1) is 5.75 Å². The highest BCUT2D eigenvalue weighted by atomic mass is 32.2. The number of carbonyl (C=O) groups is 2. The van der Waals surface area contributed by atoms with Gasteiger partial charge in [-0.25, -0.2) is 9.97 Å². The molecule has 0 atom stereocenters. The summed E-state index contributed by atoms with van der Waals surface area (Å²) in [6, 6.07) is 8.97. The molecule has 138 valence electrons. The molecule has 6 nitrogen and oxygen atoms in total. The molecule has 0 aliphatic carbocycles. The molecule has 2 amide bonds. The Balaban J connectivity index is 1.84. The lowest BCUT2D eigenvalue weighted by Crippen LogP contribution is -2.15. The summed E-state index contributed by atoms with van der Waals surface area (Å²) < 4.78 is 0. The van der Waals surface area contributed by atoms with Crippen LogP contribution in [-0.2, 0) is 9.59 Å². The number of thioether (sulfide) groups is 1. The third-order valence-corrected chi connectivity index (χ3v) is 4.19. The quantitative estimate of drug-likeness (QED) is 0.570. The molecule has 0 spiro atoms. The zero-order valence-corrected chi connectivity index (χ0v) is 16.3. The van der Waals surface area contributed by atoms with Gasteiger partial charge in [-0.3, -0.25) is 9.59 Å². The van der Waals surface area contributed by atoms with E-state index in [1.807, 2.05) is 33.8 Å². The van der Waals surface area contributed by atoms with Crippen molar-refractivity contribution in [3.05, 3.63) is 41.7 Å². The summed E-state index contributed by atoms with van der Waals surface area (Å²) in [4.78, 5) is 32.4. The van der Waals surface area contributed by atoms with E-state index in [1.54, 1.807) is 24.3 Å². The van der Waals surface area contributed by atoms with Gasteiger partial charge in [-0.2, -0.15) is 0 Å². The van der Waals surface area contributed by atoms with Crippen molar-refractivity contribution in [2.75, 3.05) is 16.4 Å². The number of hydrogen-bond acceptors (Lipinski definition) is 5. The molecule has 0 fully saturated rings. The summed E-state index contributed by atoms with van der Waals surface area (Å²) in [6.07, 6.45) is 0.482. The topological polar surface area (TPSA) is 84.0 Å². The van der Waals surface area contributed by atoms with Crippen molar-refractivity contribution in [1.29, 1.82) is 0 Å². The first-order chi connectivity index (χ1) is 12.3. The first-order valence-electron chi connectivity index (χ1n) is 8.46. The molecule has 0 saturated heterocycles. The molecular formula is C19H24N4O2S. The van der Waals surface area contributed by atoms with E-state index in [4.69, 9.17) is 0 Å². The molecule has 1 heterocycles. The van der Waals surface area contributed by atoms with Gasteiger partial charge >= 0.3 is 0 Å². The fourth-order valence-corrected chi connectivity index (χ4v) is 3.05. The maximum Gasteiger partial charge on any atom is 0.234 e. The molecule has 0 radical (unpaired) electrons. The van der Waals surface area contributed by atoms with Crippen molar-refractivity contribution in [3.63, 3.8) is 0 Å². The number of nitrogens with zero attached hydrogens (tertiary/aromatic N) is 2. The molecule has 7 heteroatoms. The van der Waals surface area contributed by atoms with Gasteiger partial charge in [0.1, 0.15) is 0 Å². The van der Waals surface area contributed by atoms with Crippen LogP contribution in [0.1, 0.15) is 31.7 Å². The van der Waals surface area contributed by atoms with Crippen LogP contribution in [0.25, 0.3) is 0 Å². The Bertz CT molecular complexity index is 755. The van der Waals surface area contributed by atoms with E-state index in [2.05, 4.69) is 20.6 Å². The highest BCUT2D eigenvalue weighted by Crippen LogP contribution is 2.17. The number of rotatable bonds is 7. The Morgan fingerprint density at radius 2 is 1.46 bits per heavy atom. The van der Waals surface area contributed by atoms with Crippen LogP contribution in [0, 0.1) is 19.8 Å². The molecule has 1 aromatic heterocycles. The molecule has 26 heavy (non-hydrogen) atoms. The Labute approximate surface area is 158 Å². The monoisotopic (exact) mass is 372 g/mol. The highest BCUT2D eigenvalue weighted by molar-refractivity contribution is 7.99. The maximum atomic E-state index is 12.1.